The minimum absolute atomic E-state index is 0.257. The monoisotopic (exact) mass is 244 g/mol. The van der Waals surface area contributed by atoms with Gasteiger partial charge in [-0.3, -0.25) is 0 Å². The van der Waals surface area contributed by atoms with E-state index in [2.05, 4.69) is 0 Å². The number of anilines is 1. The Labute approximate surface area is 106 Å². The van der Waals surface area contributed by atoms with Gasteiger partial charge in [0.05, 0.1) is 5.69 Å². The minimum atomic E-state index is -0.389. The van der Waals surface area contributed by atoms with E-state index < -0.39 is 0 Å². The first-order valence-electron chi connectivity index (χ1n) is 5.72. The van der Waals surface area contributed by atoms with Crippen LogP contribution in [0.2, 0.25) is 0 Å². The molecule has 0 fully saturated rings. The standard InChI is InChI=1S/C14H16N2O2/c1-10-13(15)12(8-16(10)2)14(17)18-9-11-6-4-3-5-7-11/h3-8H,9,15H2,1-2H3. The smallest absolute Gasteiger partial charge is 0.342 e. The zero-order chi connectivity index (χ0) is 13.1. The number of aromatic nitrogens is 1. The minimum Gasteiger partial charge on any atom is -0.457 e. The first-order chi connectivity index (χ1) is 8.59. The Balaban J connectivity index is 2.06. The van der Waals surface area contributed by atoms with E-state index >= 15 is 0 Å². The van der Waals surface area contributed by atoms with Crippen molar-refractivity contribution in [3.05, 3.63) is 53.3 Å². The molecule has 0 aliphatic rings. The van der Waals surface area contributed by atoms with Gasteiger partial charge in [-0.15, -0.1) is 0 Å². The zero-order valence-electron chi connectivity index (χ0n) is 10.5. The largest absolute Gasteiger partial charge is 0.457 e. The number of benzene rings is 1. The highest BCUT2D eigenvalue weighted by Crippen LogP contribution is 2.19. The van der Waals surface area contributed by atoms with Crippen molar-refractivity contribution < 1.29 is 9.53 Å². The van der Waals surface area contributed by atoms with Crippen molar-refractivity contribution in [3.8, 4) is 0 Å². The molecule has 0 radical (unpaired) electrons. The molecule has 2 rings (SSSR count). The number of hydrogen-bond acceptors (Lipinski definition) is 3. The highest BCUT2D eigenvalue weighted by atomic mass is 16.5. The number of rotatable bonds is 3. The highest BCUT2D eigenvalue weighted by Gasteiger charge is 2.16. The Kier molecular flexibility index (Phi) is 3.37. The van der Waals surface area contributed by atoms with Crippen molar-refractivity contribution in [1.82, 2.24) is 4.57 Å². The summed E-state index contributed by atoms with van der Waals surface area (Å²) in [4.78, 5) is 11.9. The molecule has 2 aromatic rings. The highest BCUT2D eigenvalue weighted by molar-refractivity contribution is 5.95. The maximum absolute atomic E-state index is 11.9. The molecular weight excluding hydrogens is 228 g/mol. The fourth-order valence-corrected chi connectivity index (χ4v) is 1.71. The Hall–Kier alpha value is -2.23. The summed E-state index contributed by atoms with van der Waals surface area (Å²) in [5, 5.41) is 0. The fraction of sp³-hybridized carbons (Fsp3) is 0.214. The third-order valence-electron chi connectivity index (χ3n) is 2.96. The van der Waals surface area contributed by atoms with Crippen LogP contribution in [0.15, 0.2) is 36.5 Å². The maximum atomic E-state index is 11.9. The van der Waals surface area contributed by atoms with Crippen LogP contribution in [-0.4, -0.2) is 10.5 Å². The molecule has 1 aromatic carbocycles. The zero-order valence-corrected chi connectivity index (χ0v) is 10.5. The van der Waals surface area contributed by atoms with E-state index in [1.165, 1.54) is 0 Å². The molecule has 4 nitrogen and oxygen atoms in total. The van der Waals surface area contributed by atoms with Crippen molar-refractivity contribution >= 4 is 11.7 Å². The van der Waals surface area contributed by atoms with Gasteiger partial charge in [-0.1, -0.05) is 30.3 Å². The molecule has 1 heterocycles. The fourth-order valence-electron chi connectivity index (χ4n) is 1.71. The van der Waals surface area contributed by atoms with E-state index in [0.29, 0.717) is 11.3 Å². The Morgan fingerprint density at radius 3 is 2.56 bits per heavy atom. The number of nitrogens with two attached hydrogens (primary N) is 1. The topological polar surface area (TPSA) is 57.3 Å². The van der Waals surface area contributed by atoms with E-state index in [9.17, 15) is 4.79 Å². The summed E-state index contributed by atoms with van der Waals surface area (Å²) in [6, 6.07) is 9.55. The van der Waals surface area contributed by atoms with E-state index in [0.717, 1.165) is 11.3 Å². The van der Waals surface area contributed by atoms with Gasteiger partial charge in [0.15, 0.2) is 0 Å². The predicted octanol–water partition coefficient (Wildman–Crippen LogP) is 2.27. The van der Waals surface area contributed by atoms with Crippen molar-refractivity contribution in [2.45, 2.75) is 13.5 Å². The third-order valence-corrected chi connectivity index (χ3v) is 2.96. The summed E-state index contributed by atoms with van der Waals surface area (Å²) in [6.45, 7) is 2.12. The van der Waals surface area contributed by atoms with Crippen LogP contribution < -0.4 is 5.73 Å². The molecule has 0 unspecified atom stereocenters. The number of carbonyl (C=O) groups excluding carboxylic acids is 1. The summed E-state index contributed by atoms with van der Waals surface area (Å²) >= 11 is 0. The molecule has 0 saturated heterocycles. The van der Waals surface area contributed by atoms with Gasteiger partial charge in [-0.05, 0) is 12.5 Å². The van der Waals surface area contributed by atoms with Gasteiger partial charge in [0, 0.05) is 18.9 Å². The lowest BCUT2D eigenvalue weighted by molar-refractivity contribution is 0.0474. The molecule has 0 spiro atoms. The first-order valence-corrected chi connectivity index (χ1v) is 5.72. The Morgan fingerprint density at radius 1 is 1.33 bits per heavy atom. The van der Waals surface area contributed by atoms with Gasteiger partial charge in [-0.2, -0.15) is 0 Å². The van der Waals surface area contributed by atoms with Gasteiger partial charge in [-0.25, -0.2) is 4.79 Å². The SMILES string of the molecule is Cc1c(N)c(C(=O)OCc2ccccc2)cn1C. The van der Waals surface area contributed by atoms with Gasteiger partial charge in [0.1, 0.15) is 12.2 Å². The molecule has 1 aromatic heterocycles. The second-order valence-corrected chi connectivity index (χ2v) is 4.21. The first kappa shape index (κ1) is 12.2. The van der Waals surface area contributed by atoms with Gasteiger partial charge in [0.25, 0.3) is 0 Å². The van der Waals surface area contributed by atoms with E-state index in [1.54, 1.807) is 6.20 Å². The summed E-state index contributed by atoms with van der Waals surface area (Å²) in [5.74, 6) is -0.389. The molecule has 4 heteroatoms. The van der Waals surface area contributed by atoms with Crippen molar-refractivity contribution in [3.63, 3.8) is 0 Å². The molecule has 0 amide bonds. The molecular formula is C14H16N2O2. The number of carbonyl (C=O) groups is 1. The number of nitrogen functional groups attached to an aromatic ring is 1. The van der Waals surface area contributed by atoms with Crippen LogP contribution >= 0.6 is 0 Å². The Bertz CT molecular complexity index is 559. The van der Waals surface area contributed by atoms with Crippen LogP contribution in [0.3, 0.4) is 0 Å². The molecule has 0 atom stereocenters. The van der Waals surface area contributed by atoms with Crippen molar-refractivity contribution in [1.29, 1.82) is 0 Å². The van der Waals surface area contributed by atoms with E-state index in [1.807, 2.05) is 48.9 Å². The van der Waals surface area contributed by atoms with Crippen molar-refractivity contribution in [2.24, 2.45) is 7.05 Å². The normalized spacial score (nSPS) is 10.3. The van der Waals surface area contributed by atoms with Crippen LogP contribution in [0.25, 0.3) is 0 Å². The summed E-state index contributed by atoms with van der Waals surface area (Å²) < 4.78 is 7.04. The molecule has 0 aliphatic heterocycles. The number of hydrogen-bond donors (Lipinski definition) is 1. The maximum Gasteiger partial charge on any atom is 0.342 e. The van der Waals surface area contributed by atoms with Crippen LogP contribution in [0, 0.1) is 6.92 Å². The van der Waals surface area contributed by atoms with Crippen LogP contribution in [-0.2, 0) is 18.4 Å². The molecule has 0 saturated carbocycles. The second-order valence-electron chi connectivity index (χ2n) is 4.21. The Morgan fingerprint density at radius 2 is 2.00 bits per heavy atom. The lowest BCUT2D eigenvalue weighted by Crippen LogP contribution is -2.06. The molecule has 2 N–H and O–H groups in total. The number of esters is 1. The quantitative estimate of drug-likeness (QED) is 0.843. The summed E-state index contributed by atoms with van der Waals surface area (Å²) in [6.07, 6.45) is 1.69. The molecule has 0 bridgehead atoms. The van der Waals surface area contributed by atoms with Gasteiger partial charge >= 0.3 is 5.97 Å². The van der Waals surface area contributed by atoms with Crippen LogP contribution in [0.4, 0.5) is 5.69 Å². The summed E-state index contributed by atoms with van der Waals surface area (Å²) in [7, 11) is 1.85. The lowest BCUT2D eigenvalue weighted by atomic mass is 10.2. The third kappa shape index (κ3) is 2.37. The molecule has 18 heavy (non-hydrogen) atoms. The molecule has 94 valence electrons. The lowest BCUT2D eigenvalue weighted by Gasteiger charge is -2.04. The van der Waals surface area contributed by atoms with Crippen molar-refractivity contribution in [2.75, 3.05) is 5.73 Å². The van der Waals surface area contributed by atoms with Gasteiger partial charge in [0.2, 0.25) is 0 Å². The van der Waals surface area contributed by atoms with Crippen LogP contribution in [0.5, 0.6) is 0 Å². The summed E-state index contributed by atoms with van der Waals surface area (Å²) in [5.41, 5.74) is 8.57. The number of ether oxygens (including phenoxy) is 1. The number of nitrogens with zero attached hydrogens (tertiary/aromatic N) is 1. The molecule has 0 aliphatic carbocycles. The second kappa shape index (κ2) is 4.96. The average molecular weight is 244 g/mol. The van der Waals surface area contributed by atoms with Crippen LogP contribution in [0.1, 0.15) is 21.6 Å². The predicted molar refractivity (Wildman–Crippen MR) is 70.1 cm³/mol. The average Bonchev–Trinajstić information content (AvgIpc) is 2.65. The van der Waals surface area contributed by atoms with E-state index in [4.69, 9.17) is 10.5 Å². The number of aryl methyl sites for hydroxylation is 1. The van der Waals surface area contributed by atoms with E-state index in [-0.39, 0.29) is 12.6 Å². The van der Waals surface area contributed by atoms with Gasteiger partial charge < -0.3 is 15.0 Å².